The first kappa shape index (κ1) is 58.0. The first-order valence-corrected chi connectivity index (χ1v) is 24.4. The molecule has 0 aliphatic rings. The second-order valence-electron chi connectivity index (χ2n) is 17.4. The maximum absolute atomic E-state index is 12.8. The summed E-state index contributed by atoms with van der Waals surface area (Å²) in [6.45, 7) is 4.59. The number of allylic oxidation sites excluding steroid dienone is 10. The van der Waals surface area contributed by atoms with Gasteiger partial charge in [0, 0.05) is 12.8 Å². The Labute approximate surface area is 374 Å². The first-order valence-electron chi connectivity index (χ1n) is 24.4. The molecule has 0 radical (unpaired) electrons. The third-order valence-corrected chi connectivity index (χ3v) is 10.2. The van der Waals surface area contributed by atoms with E-state index < -0.39 is 24.3 Å². The molecule has 2 unspecified atom stereocenters. The van der Waals surface area contributed by atoms with Crippen molar-refractivity contribution >= 4 is 17.9 Å². The van der Waals surface area contributed by atoms with Crippen LogP contribution in [0.25, 0.3) is 0 Å². The molecule has 0 aromatic heterocycles. The zero-order valence-electron chi connectivity index (χ0n) is 39.8. The molecule has 61 heavy (non-hydrogen) atoms. The van der Waals surface area contributed by atoms with E-state index in [-0.39, 0.29) is 38.6 Å². The van der Waals surface area contributed by atoms with Crippen molar-refractivity contribution in [2.24, 2.45) is 0 Å². The normalized spacial score (nSPS) is 13.4. The van der Waals surface area contributed by atoms with Crippen LogP contribution < -0.4 is 5.11 Å². The molecule has 0 fully saturated rings. The summed E-state index contributed by atoms with van der Waals surface area (Å²) in [6, 6.07) is 0. The van der Waals surface area contributed by atoms with Gasteiger partial charge in [-0.15, -0.1) is 0 Å². The molecule has 0 heterocycles. The Morgan fingerprint density at radius 1 is 0.508 bits per heavy atom. The van der Waals surface area contributed by atoms with Gasteiger partial charge in [-0.2, -0.15) is 0 Å². The van der Waals surface area contributed by atoms with Gasteiger partial charge in [0.25, 0.3) is 0 Å². The van der Waals surface area contributed by atoms with E-state index in [1.807, 2.05) is 21.1 Å². The molecule has 0 bridgehead atoms. The molecule has 0 saturated heterocycles. The van der Waals surface area contributed by atoms with Crippen molar-refractivity contribution in [2.75, 3.05) is 47.5 Å². The summed E-state index contributed by atoms with van der Waals surface area (Å²) in [5.41, 5.74) is 0. The third-order valence-electron chi connectivity index (χ3n) is 10.2. The highest BCUT2D eigenvalue weighted by molar-refractivity contribution is 5.70. The molecular formula is C52H91NO8. The van der Waals surface area contributed by atoms with E-state index in [1.54, 1.807) is 0 Å². The minimum absolute atomic E-state index is 0.140. The zero-order valence-corrected chi connectivity index (χ0v) is 39.8. The van der Waals surface area contributed by atoms with Gasteiger partial charge in [-0.25, -0.2) is 0 Å². The van der Waals surface area contributed by atoms with E-state index >= 15 is 0 Å². The first-order chi connectivity index (χ1) is 29.6. The molecule has 0 aliphatic heterocycles. The summed E-state index contributed by atoms with van der Waals surface area (Å²) >= 11 is 0. The minimum atomic E-state index is -1.63. The quantitative estimate of drug-likeness (QED) is 0.0196. The van der Waals surface area contributed by atoms with Gasteiger partial charge in [-0.1, -0.05) is 164 Å². The predicted octanol–water partition coefficient (Wildman–Crippen LogP) is 12.0. The number of aliphatic carboxylic acids is 1. The van der Waals surface area contributed by atoms with E-state index in [0.29, 0.717) is 17.4 Å². The van der Waals surface area contributed by atoms with Crippen molar-refractivity contribution in [3.63, 3.8) is 0 Å². The van der Waals surface area contributed by atoms with E-state index in [9.17, 15) is 19.5 Å². The standard InChI is InChI=1S/C52H91NO8/c1-6-8-10-12-14-16-18-20-22-24-25-27-28-30-32-34-36-38-40-42-49(54)59-46-48(47-60-52(51(56)57)58-45-44-53(3,4)5)61-50(55)43-41-39-37-35-33-31-29-26-23-21-19-17-15-13-11-9-7-2/h9,11,15,17,20-23,29,31,48,52H,6-8,10,12-14,16,18-19,24-28,30,32-47H2,1-5H3/b11-9-,17-15-,22-20-,23-21-,31-29-. The van der Waals surface area contributed by atoms with Crippen LogP contribution in [-0.2, 0) is 33.3 Å². The number of nitrogens with zero attached hydrogens (tertiary/aromatic N) is 1. The van der Waals surface area contributed by atoms with Gasteiger partial charge in [0.15, 0.2) is 12.4 Å². The molecule has 0 aromatic carbocycles. The molecule has 0 aliphatic carbocycles. The van der Waals surface area contributed by atoms with Crippen LogP contribution in [0.15, 0.2) is 60.8 Å². The molecule has 0 rings (SSSR count). The minimum Gasteiger partial charge on any atom is -0.545 e. The molecule has 0 saturated carbocycles. The lowest BCUT2D eigenvalue weighted by atomic mass is 10.1. The van der Waals surface area contributed by atoms with Crippen LogP contribution in [0.4, 0.5) is 0 Å². The van der Waals surface area contributed by atoms with Gasteiger partial charge in [-0.05, 0) is 77.0 Å². The second kappa shape index (κ2) is 43.6. The average molecular weight is 858 g/mol. The number of carboxylic acid groups (broad SMARTS) is 1. The molecule has 9 heteroatoms. The van der Waals surface area contributed by atoms with Crippen LogP contribution in [0, 0.1) is 0 Å². The Bertz CT molecular complexity index is 1180. The van der Waals surface area contributed by atoms with E-state index in [2.05, 4.69) is 74.6 Å². The summed E-state index contributed by atoms with van der Waals surface area (Å²) in [5.74, 6) is -2.32. The highest BCUT2D eigenvalue weighted by Crippen LogP contribution is 2.14. The topological polar surface area (TPSA) is 111 Å². The van der Waals surface area contributed by atoms with Crippen molar-refractivity contribution < 1.29 is 42.9 Å². The summed E-state index contributed by atoms with van der Waals surface area (Å²) in [4.78, 5) is 37.1. The van der Waals surface area contributed by atoms with Gasteiger partial charge in [0.05, 0.1) is 40.3 Å². The van der Waals surface area contributed by atoms with Crippen LogP contribution in [-0.4, -0.2) is 82.3 Å². The van der Waals surface area contributed by atoms with E-state index in [4.69, 9.17) is 18.9 Å². The van der Waals surface area contributed by atoms with Crippen molar-refractivity contribution in [3.05, 3.63) is 60.8 Å². The van der Waals surface area contributed by atoms with E-state index in [1.165, 1.54) is 89.9 Å². The maximum atomic E-state index is 12.8. The molecule has 0 amide bonds. The Kier molecular flexibility index (Phi) is 41.5. The van der Waals surface area contributed by atoms with Crippen molar-refractivity contribution in [2.45, 2.75) is 206 Å². The molecule has 0 aromatic rings. The Morgan fingerprint density at radius 3 is 1.41 bits per heavy atom. The van der Waals surface area contributed by atoms with Gasteiger partial charge in [0.1, 0.15) is 13.2 Å². The molecule has 9 nitrogen and oxygen atoms in total. The fourth-order valence-corrected chi connectivity index (χ4v) is 6.46. The maximum Gasteiger partial charge on any atom is 0.306 e. The highest BCUT2D eigenvalue weighted by Gasteiger charge is 2.21. The van der Waals surface area contributed by atoms with E-state index in [0.717, 1.165) is 70.6 Å². The number of esters is 2. The molecule has 0 N–H and O–H groups in total. The molecule has 352 valence electrons. The number of hydrogen-bond acceptors (Lipinski definition) is 8. The summed E-state index contributed by atoms with van der Waals surface area (Å²) in [5, 5.41) is 11.7. The average Bonchev–Trinajstić information content (AvgIpc) is 3.22. The van der Waals surface area contributed by atoms with Crippen LogP contribution in [0.1, 0.15) is 194 Å². The van der Waals surface area contributed by atoms with Crippen molar-refractivity contribution in [1.82, 2.24) is 0 Å². The fraction of sp³-hybridized carbons (Fsp3) is 0.750. The number of likely N-dealkylation sites (N-methyl/N-ethyl adjacent to an activating group) is 1. The number of hydrogen-bond donors (Lipinski definition) is 0. The summed E-state index contributed by atoms with van der Waals surface area (Å²) in [7, 11) is 5.90. The lowest BCUT2D eigenvalue weighted by Gasteiger charge is -2.26. The van der Waals surface area contributed by atoms with Crippen LogP contribution in [0.5, 0.6) is 0 Å². The Morgan fingerprint density at radius 2 is 0.934 bits per heavy atom. The highest BCUT2D eigenvalue weighted by atomic mass is 16.7. The summed E-state index contributed by atoms with van der Waals surface area (Å²) in [6.07, 6.45) is 49.6. The number of unbranched alkanes of at least 4 members (excludes halogenated alkanes) is 19. The van der Waals surface area contributed by atoms with Gasteiger partial charge in [-0.3, -0.25) is 9.59 Å². The SMILES string of the molecule is CC/C=C\C/C=C\C/C=C\C/C=C\CCCCCCC(=O)OC(COC(=O)CCCCCCCCCCC/C=C\CCCCCCCC)COC(OCC[N+](C)(C)C)C(=O)[O-]. The molecular weight excluding hydrogens is 767 g/mol. The fourth-order valence-electron chi connectivity index (χ4n) is 6.46. The molecule has 0 spiro atoms. The van der Waals surface area contributed by atoms with Gasteiger partial charge in [0.2, 0.25) is 0 Å². The number of rotatable bonds is 44. The lowest BCUT2D eigenvalue weighted by molar-refractivity contribution is -0.870. The smallest absolute Gasteiger partial charge is 0.306 e. The van der Waals surface area contributed by atoms with Crippen LogP contribution >= 0.6 is 0 Å². The second-order valence-corrected chi connectivity index (χ2v) is 17.4. The summed E-state index contributed by atoms with van der Waals surface area (Å²) < 4.78 is 22.6. The predicted molar refractivity (Wildman–Crippen MR) is 251 cm³/mol. The Hall–Kier alpha value is -3.01. The number of carbonyl (C=O) groups is 3. The number of carboxylic acids is 1. The number of quaternary nitrogens is 1. The Balaban J connectivity index is 4.42. The lowest BCUT2D eigenvalue weighted by Crippen LogP contribution is -2.44. The third kappa shape index (κ3) is 44.8. The number of carbonyl (C=O) groups excluding carboxylic acids is 3. The van der Waals surface area contributed by atoms with Crippen LogP contribution in [0.2, 0.25) is 0 Å². The van der Waals surface area contributed by atoms with Crippen molar-refractivity contribution in [3.8, 4) is 0 Å². The number of ether oxygens (including phenoxy) is 4. The zero-order chi connectivity index (χ0) is 44.9. The van der Waals surface area contributed by atoms with Crippen LogP contribution in [0.3, 0.4) is 0 Å². The van der Waals surface area contributed by atoms with Gasteiger partial charge < -0.3 is 33.3 Å². The van der Waals surface area contributed by atoms with Gasteiger partial charge >= 0.3 is 11.9 Å². The largest absolute Gasteiger partial charge is 0.545 e. The molecule has 2 atom stereocenters. The monoisotopic (exact) mass is 858 g/mol. The van der Waals surface area contributed by atoms with Crippen molar-refractivity contribution in [1.29, 1.82) is 0 Å².